The fraction of sp³-hybridized carbons (Fsp3) is 0.0833. The minimum Gasteiger partial charge on any atom is -0.507 e. The number of anilines is 1. The third-order valence-electron chi connectivity index (χ3n) is 5.15. The summed E-state index contributed by atoms with van der Waals surface area (Å²) in [5.74, 6) is -4.04. The molecule has 0 aliphatic carbocycles. The number of ether oxygens (including phenoxy) is 1. The molecule has 1 unspecified atom stereocenters. The first-order valence-corrected chi connectivity index (χ1v) is 9.86. The number of Topliss-reactive ketones (excluding diaryl/α,β-unsaturated/α-hetero) is 1. The number of nitrogens with zero attached hydrogens (tertiary/aromatic N) is 1. The lowest BCUT2D eigenvalue weighted by Gasteiger charge is -2.26. The van der Waals surface area contributed by atoms with Crippen molar-refractivity contribution in [3.05, 3.63) is 100 Å². The summed E-state index contributed by atoms with van der Waals surface area (Å²) < 4.78 is 34.0. The lowest BCUT2D eigenvalue weighted by molar-refractivity contribution is -0.132. The van der Waals surface area contributed by atoms with Crippen LogP contribution in [0.2, 0.25) is 5.02 Å². The van der Waals surface area contributed by atoms with Gasteiger partial charge in [0.1, 0.15) is 23.1 Å². The molecule has 1 heterocycles. The van der Waals surface area contributed by atoms with E-state index >= 15 is 0 Å². The summed E-state index contributed by atoms with van der Waals surface area (Å²) in [5.41, 5.74) is -0.330. The first-order valence-electron chi connectivity index (χ1n) is 9.48. The molecule has 1 atom stereocenters. The zero-order valence-corrected chi connectivity index (χ0v) is 17.4. The highest BCUT2D eigenvalue weighted by atomic mass is 35.5. The van der Waals surface area contributed by atoms with Crippen molar-refractivity contribution in [3.63, 3.8) is 0 Å². The van der Waals surface area contributed by atoms with Gasteiger partial charge in [-0.25, -0.2) is 8.78 Å². The van der Waals surface area contributed by atoms with Crippen LogP contribution in [0, 0.1) is 11.6 Å². The van der Waals surface area contributed by atoms with Crippen LogP contribution in [0.3, 0.4) is 0 Å². The van der Waals surface area contributed by atoms with Crippen LogP contribution in [0.1, 0.15) is 17.2 Å². The van der Waals surface area contributed by atoms with Crippen LogP contribution in [-0.2, 0) is 9.59 Å². The second-order valence-electron chi connectivity index (χ2n) is 7.02. The molecule has 162 valence electrons. The minimum absolute atomic E-state index is 0.0244. The lowest BCUT2D eigenvalue weighted by atomic mass is 9.94. The van der Waals surface area contributed by atoms with E-state index in [-0.39, 0.29) is 22.6 Å². The SMILES string of the molecule is COc1ccc(F)cc1/C(O)=C1\C(=O)C(=O)N(c2cccc(Cl)c2)C1c1ccccc1F. The number of amides is 1. The maximum Gasteiger partial charge on any atom is 0.300 e. The van der Waals surface area contributed by atoms with Gasteiger partial charge in [-0.15, -0.1) is 0 Å². The molecule has 0 aromatic heterocycles. The zero-order chi connectivity index (χ0) is 23.0. The van der Waals surface area contributed by atoms with Crippen molar-refractivity contribution in [1.29, 1.82) is 0 Å². The van der Waals surface area contributed by atoms with Crippen molar-refractivity contribution >= 4 is 34.7 Å². The smallest absolute Gasteiger partial charge is 0.300 e. The van der Waals surface area contributed by atoms with E-state index in [1.54, 1.807) is 18.2 Å². The second kappa shape index (κ2) is 8.43. The van der Waals surface area contributed by atoms with E-state index < -0.39 is 40.7 Å². The van der Waals surface area contributed by atoms with E-state index in [1.807, 2.05) is 0 Å². The average molecular weight is 456 g/mol. The molecule has 0 saturated carbocycles. The number of aliphatic hydroxyl groups excluding tert-OH is 1. The van der Waals surface area contributed by atoms with Gasteiger partial charge in [0, 0.05) is 16.3 Å². The zero-order valence-electron chi connectivity index (χ0n) is 16.7. The van der Waals surface area contributed by atoms with Crippen LogP contribution in [0.4, 0.5) is 14.5 Å². The van der Waals surface area contributed by atoms with E-state index in [1.165, 1.54) is 43.5 Å². The molecule has 5 nitrogen and oxygen atoms in total. The molecule has 0 bridgehead atoms. The van der Waals surface area contributed by atoms with Crippen LogP contribution in [0.25, 0.3) is 5.76 Å². The molecule has 1 fully saturated rings. The fourth-order valence-electron chi connectivity index (χ4n) is 3.73. The Bertz CT molecular complexity index is 1270. The van der Waals surface area contributed by atoms with E-state index in [9.17, 15) is 23.5 Å². The highest BCUT2D eigenvalue weighted by Gasteiger charge is 2.48. The normalized spacial score (nSPS) is 17.6. The Balaban J connectivity index is 2.02. The lowest BCUT2D eigenvalue weighted by Crippen LogP contribution is -2.29. The van der Waals surface area contributed by atoms with Crippen LogP contribution < -0.4 is 9.64 Å². The quantitative estimate of drug-likeness (QED) is 0.331. The predicted octanol–water partition coefficient (Wildman–Crippen LogP) is 5.25. The highest BCUT2D eigenvalue weighted by molar-refractivity contribution is 6.51. The maximum absolute atomic E-state index is 14.8. The number of ketones is 1. The third-order valence-corrected chi connectivity index (χ3v) is 5.38. The average Bonchev–Trinajstić information content (AvgIpc) is 3.04. The largest absolute Gasteiger partial charge is 0.507 e. The number of rotatable bonds is 4. The van der Waals surface area contributed by atoms with Gasteiger partial charge in [-0.05, 0) is 42.5 Å². The fourth-order valence-corrected chi connectivity index (χ4v) is 3.91. The predicted molar refractivity (Wildman–Crippen MR) is 116 cm³/mol. The van der Waals surface area contributed by atoms with E-state index in [2.05, 4.69) is 0 Å². The number of benzene rings is 3. The maximum atomic E-state index is 14.8. The molecular weight excluding hydrogens is 440 g/mol. The molecule has 0 spiro atoms. The topological polar surface area (TPSA) is 66.8 Å². The summed E-state index contributed by atoms with van der Waals surface area (Å²) in [6.07, 6.45) is 0. The van der Waals surface area contributed by atoms with Crippen molar-refractivity contribution in [2.24, 2.45) is 0 Å². The van der Waals surface area contributed by atoms with Gasteiger partial charge in [-0.3, -0.25) is 14.5 Å². The van der Waals surface area contributed by atoms with Crippen LogP contribution in [-0.4, -0.2) is 23.9 Å². The monoisotopic (exact) mass is 455 g/mol. The van der Waals surface area contributed by atoms with Crippen molar-refractivity contribution in [1.82, 2.24) is 0 Å². The summed E-state index contributed by atoms with van der Waals surface area (Å²) in [5, 5.41) is 11.4. The summed E-state index contributed by atoms with van der Waals surface area (Å²) in [4.78, 5) is 27.2. The number of hydrogen-bond acceptors (Lipinski definition) is 4. The van der Waals surface area contributed by atoms with Gasteiger partial charge < -0.3 is 9.84 Å². The molecule has 32 heavy (non-hydrogen) atoms. The van der Waals surface area contributed by atoms with Gasteiger partial charge in [0.15, 0.2) is 0 Å². The first-order chi connectivity index (χ1) is 15.3. The molecule has 3 aromatic rings. The van der Waals surface area contributed by atoms with E-state index in [0.29, 0.717) is 5.02 Å². The number of carbonyl (C=O) groups is 2. The van der Waals surface area contributed by atoms with Crippen LogP contribution in [0.5, 0.6) is 5.75 Å². The highest BCUT2D eigenvalue weighted by Crippen LogP contribution is 2.44. The van der Waals surface area contributed by atoms with Gasteiger partial charge in [0.2, 0.25) is 0 Å². The Hall–Kier alpha value is -3.71. The molecule has 8 heteroatoms. The Morgan fingerprint density at radius 3 is 2.47 bits per heavy atom. The van der Waals surface area contributed by atoms with Crippen molar-refractivity contribution < 1.29 is 28.2 Å². The molecular formula is C24H16ClF2NO4. The number of hydrogen-bond donors (Lipinski definition) is 1. The summed E-state index contributed by atoms with van der Waals surface area (Å²) in [6, 6.07) is 13.8. The Morgan fingerprint density at radius 2 is 1.78 bits per heavy atom. The first kappa shape index (κ1) is 21.5. The number of carbonyl (C=O) groups excluding carboxylic acids is 2. The second-order valence-corrected chi connectivity index (χ2v) is 7.45. The van der Waals surface area contributed by atoms with Gasteiger partial charge in [0.05, 0.1) is 24.3 Å². The summed E-state index contributed by atoms with van der Waals surface area (Å²) in [7, 11) is 1.31. The number of halogens is 3. The van der Waals surface area contributed by atoms with E-state index in [4.69, 9.17) is 16.3 Å². The Morgan fingerprint density at radius 1 is 1.03 bits per heavy atom. The van der Waals surface area contributed by atoms with Crippen molar-refractivity contribution in [3.8, 4) is 5.75 Å². The van der Waals surface area contributed by atoms with Gasteiger partial charge in [-0.2, -0.15) is 0 Å². The van der Waals surface area contributed by atoms with Gasteiger partial charge in [-0.1, -0.05) is 35.9 Å². The number of methoxy groups -OCH3 is 1. The van der Waals surface area contributed by atoms with Crippen LogP contribution >= 0.6 is 11.6 Å². The summed E-state index contributed by atoms with van der Waals surface area (Å²) >= 11 is 6.07. The molecule has 1 amide bonds. The number of aliphatic hydroxyl groups is 1. The molecule has 0 radical (unpaired) electrons. The summed E-state index contributed by atoms with van der Waals surface area (Å²) in [6.45, 7) is 0. The molecule has 1 saturated heterocycles. The molecule has 1 N–H and O–H groups in total. The third kappa shape index (κ3) is 3.61. The molecule has 4 rings (SSSR count). The van der Waals surface area contributed by atoms with E-state index in [0.717, 1.165) is 17.0 Å². The van der Waals surface area contributed by atoms with Crippen molar-refractivity contribution in [2.75, 3.05) is 12.0 Å². The van der Waals surface area contributed by atoms with Gasteiger partial charge in [0.25, 0.3) is 11.7 Å². The van der Waals surface area contributed by atoms with Crippen molar-refractivity contribution in [2.45, 2.75) is 6.04 Å². The Kier molecular flexibility index (Phi) is 5.67. The minimum atomic E-state index is -1.32. The molecule has 3 aromatic carbocycles. The standard InChI is InChI=1S/C24H16ClF2NO4/c1-32-19-10-9-14(26)12-17(19)22(29)20-21(16-7-2-3-8-18(16)27)28(24(31)23(20)30)15-6-4-5-13(25)11-15/h2-12,21,29H,1H3/b22-20+. The Labute approximate surface area is 187 Å². The molecule has 1 aliphatic rings. The van der Waals surface area contributed by atoms with Gasteiger partial charge >= 0.3 is 0 Å². The van der Waals surface area contributed by atoms with Crippen LogP contribution in [0.15, 0.2) is 72.3 Å². The molecule has 1 aliphatic heterocycles.